The summed E-state index contributed by atoms with van der Waals surface area (Å²) in [5, 5.41) is 0. The van der Waals surface area contributed by atoms with Crippen molar-refractivity contribution in [2.24, 2.45) is 5.92 Å². The summed E-state index contributed by atoms with van der Waals surface area (Å²) >= 11 is 0. The molecule has 0 N–H and O–H groups in total. The van der Waals surface area contributed by atoms with E-state index in [1.165, 1.54) is 0 Å². The van der Waals surface area contributed by atoms with Gasteiger partial charge in [0.05, 0.1) is 0 Å². The van der Waals surface area contributed by atoms with E-state index in [9.17, 15) is 4.79 Å². The summed E-state index contributed by atoms with van der Waals surface area (Å²) in [7, 11) is 3.83. The Morgan fingerprint density at radius 1 is 1.50 bits per heavy atom. The maximum Gasteiger partial charge on any atom is 0.160 e. The van der Waals surface area contributed by atoms with Crippen molar-refractivity contribution in [3.63, 3.8) is 0 Å². The van der Waals surface area contributed by atoms with Crippen molar-refractivity contribution in [2.75, 3.05) is 14.1 Å². The van der Waals surface area contributed by atoms with Crippen LogP contribution in [0, 0.1) is 5.92 Å². The van der Waals surface area contributed by atoms with Crippen LogP contribution in [0.2, 0.25) is 0 Å². The van der Waals surface area contributed by atoms with E-state index in [0.717, 1.165) is 12.8 Å². The van der Waals surface area contributed by atoms with Crippen molar-refractivity contribution in [1.29, 1.82) is 0 Å². The molecule has 0 saturated heterocycles. The van der Waals surface area contributed by atoms with Crippen molar-refractivity contribution >= 4 is 5.78 Å². The second-order valence-electron chi connectivity index (χ2n) is 2.96. The number of rotatable bonds is 3. The molecular weight excluding hydrogens is 126 g/mol. The van der Waals surface area contributed by atoms with Gasteiger partial charge in [-0.05, 0) is 18.9 Å². The molecule has 0 aromatic rings. The molecule has 1 rings (SSSR count). The molecule has 0 radical (unpaired) electrons. The number of hydrogen-bond donors (Lipinski definition) is 0. The second-order valence-corrected chi connectivity index (χ2v) is 2.96. The van der Waals surface area contributed by atoms with E-state index in [0.29, 0.717) is 5.92 Å². The molecule has 2 heteroatoms. The lowest BCUT2D eigenvalue weighted by Gasteiger charge is -2.01. The maximum atomic E-state index is 11.0. The molecule has 1 fully saturated rings. The van der Waals surface area contributed by atoms with E-state index in [1.807, 2.05) is 19.0 Å². The van der Waals surface area contributed by atoms with Gasteiger partial charge in [0.15, 0.2) is 5.78 Å². The van der Waals surface area contributed by atoms with Crippen molar-refractivity contribution in [3.8, 4) is 0 Å². The fraction of sp³-hybridized carbons (Fsp3) is 0.625. The highest BCUT2D eigenvalue weighted by Gasteiger charge is 2.27. The third-order valence-electron chi connectivity index (χ3n) is 1.52. The van der Waals surface area contributed by atoms with Crippen LogP contribution < -0.4 is 0 Å². The molecule has 0 aromatic heterocycles. The summed E-state index contributed by atoms with van der Waals surface area (Å²) in [6, 6.07) is 0. The zero-order chi connectivity index (χ0) is 7.56. The van der Waals surface area contributed by atoms with Crippen LogP contribution in [0.15, 0.2) is 12.3 Å². The zero-order valence-electron chi connectivity index (χ0n) is 6.50. The van der Waals surface area contributed by atoms with Crippen LogP contribution in [0.5, 0.6) is 0 Å². The van der Waals surface area contributed by atoms with Crippen molar-refractivity contribution in [3.05, 3.63) is 12.3 Å². The van der Waals surface area contributed by atoms with E-state index in [1.54, 1.807) is 12.3 Å². The summed E-state index contributed by atoms with van der Waals surface area (Å²) in [5.74, 6) is 0.643. The predicted molar refractivity (Wildman–Crippen MR) is 40.6 cm³/mol. The molecule has 56 valence electrons. The molecule has 0 spiro atoms. The van der Waals surface area contributed by atoms with Crippen molar-refractivity contribution < 1.29 is 4.79 Å². The Kier molecular flexibility index (Phi) is 2.10. The quantitative estimate of drug-likeness (QED) is 0.544. The molecule has 1 aliphatic rings. The minimum Gasteiger partial charge on any atom is -0.383 e. The predicted octanol–water partition coefficient (Wildman–Crippen LogP) is 1.04. The monoisotopic (exact) mass is 139 g/mol. The normalized spacial score (nSPS) is 17.8. The van der Waals surface area contributed by atoms with Crippen LogP contribution in [0.1, 0.15) is 12.8 Å². The molecule has 2 nitrogen and oxygen atoms in total. The van der Waals surface area contributed by atoms with Gasteiger partial charge in [0.1, 0.15) is 0 Å². The standard InChI is InChI=1S/C8H13NO/c1-9(2)6-5-8(10)7-3-4-7/h5-7H,3-4H2,1-2H3/b6-5+. The maximum absolute atomic E-state index is 11.0. The van der Waals surface area contributed by atoms with Crippen LogP contribution in [0.3, 0.4) is 0 Å². The minimum atomic E-state index is 0.286. The first-order valence-corrected chi connectivity index (χ1v) is 3.58. The number of carbonyl (C=O) groups excluding carboxylic acids is 1. The van der Waals surface area contributed by atoms with Crippen LogP contribution >= 0.6 is 0 Å². The van der Waals surface area contributed by atoms with Gasteiger partial charge in [-0.15, -0.1) is 0 Å². The van der Waals surface area contributed by atoms with Gasteiger partial charge in [-0.25, -0.2) is 0 Å². The molecule has 0 bridgehead atoms. The first kappa shape index (κ1) is 7.32. The first-order valence-electron chi connectivity index (χ1n) is 3.58. The van der Waals surface area contributed by atoms with Crippen molar-refractivity contribution in [2.45, 2.75) is 12.8 Å². The Labute approximate surface area is 61.5 Å². The zero-order valence-corrected chi connectivity index (χ0v) is 6.50. The Morgan fingerprint density at radius 3 is 2.50 bits per heavy atom. The Hall–Kier alpha value is -0.790. The Morgan fingerprint density at radius 2 is 2.10 bits per heavy atom. The highest BCUT2D eigenvalue weighted by Crippen LogP contribution is 2.29. The highest BCUT2D eigenvalue weighted by atomic mass is 16.1. The van der Waals surface area contributed by atoms with E-state index in [2.05, 4.69) is 0 Å². The molecule has 1 aliphatic carbocycles. The summed E-state index contributed by atoms with van der Waals surface area (Å²) < 4.78 is 0. The van der Waals surface area contributed by atoms with Gasteiger partial charge < -0.3 is 4.90 Å². The summed E-state index contributed by atoms with van der Waals surface area (Å²) in [6.45, 7) is 0. The molecule has 1 saturated carbocycles. The molecule has 10 heavy (non-hydrogen) atoms. The van der Waals surface area contributed by atoms with Crippen molar-refractivity contribution in [1.82, 2.24) is 4.90 Å². The third-order valence-corrected chi connectivity index (χ3v) is 1.52. The van der Waals surface area contributed by atoms with Crippen LogP contribution in [-0.2, 0) is 4.79 Å². The highest BCUT2D eigenvalue weighted by molar-refractivity contribution is 5.93. The van der Waals surface area contributed by atoms with E-state index < -0.39 is 0 Å². The average Bonchev–Trinajstić information content (AvgIpc) is 2.63. The largest absolute Gasteiger partial charge is 0.383 e. The lowest BCUT2D eigenvalue weighted by atomic mass is 10.2. The second kappa shape index (κ2) is 2.86. The van der Waals surface area contributed by atoms with Gasteiger partial charge in [0, 0.05) is 26.2 Å². The smallest absolute Gasteiger partial charge is 0.160 e. The van der Waals surface area contributed by atoms with Gasteiger partial charge in [-0.1, -0.05) is 0 Å². The van der Waals surface area contributed by atoms with Crippen LogP contribution in [0.25, 0.3) is 0 Å². The minimum absolute atomic E-state index is 0.286. The van der Waals surface area contributed by atoms with Gasteiger partial charge >= 0.3 is 0 Å². The average molecular weight is 139 g/mol. The van der Waals surface area contributed by atoms with Gasteiger partial charge in [-0.3, -0.25) is 4.79 Å². The first-order chi connectivity index (χ1) is 4.70. The molecule has 0 aliphatic heterocycles. The van der Waals surface area contributed by atoms with Gasteiger partial charge in [0.2, 0.25) is 0 Å². The van der Waals surface area contributed by atoms with Crippen LogP contribution in [0.4, 0.5) is 0 Å². The number of ketones is 1. The molecular formula is C8H13NO. The lowest BCUT2D eigenvalue weighted by molar-refractivity contribution is -0.115. The molecule has 0 unspecified atom stereocenters. The topological polar surface area (TPSA) is 20.3 Å². The third kappa shape index (κ3) is 2.21. The van der Waals surface area contributed by atoms with Gasteiger partial charge in [0.25, 0.3) is 0 Å². The molecule has 0 aromatic carbocycles. The Bertz CT molecular complexity index is 157. The Balaban J connectivity index is 2.29. The summed E-state index contributed by atoms with van der Waals surface area (Å²) in [6.07, 6.45) is 5.66. The van der Waals surface area contributed by atoms with Crippen LogP contribution in [-0.4, -0.2) is 24.8 Å². The number of allylic oxidation sites excluding steroid dienone is 1. The van der Waals surface area contributed by atoms with E-state index >= 15 is 0 Å². The fourth-order valence-electron chi connectivity index (χ4n) is 0.726. The lowest BCUT2D eigenvalue weighted by Crippen LogP contribution is -2.03. The number of nitrogens with zero attached hydrogens (tertiary/aromatic N) is 1. The number of carbonyl (C=O) groups is 1. The van der Waals surface area contributed by atoms with Gasteiger partial charge in [-0.2, -0.15) is 0 Å². The molecule has 0 heterocycles. The fourth-order valence-corrected chi connectivity index (χ4v) is 0.726. The SMILES string of the molecule is CN(C)/C=C/C(=O)C1CC1. The molecule has 0 amide bonds. The molecule has 0 atom stereocenters. The number of hydrogen-bond acceptors (Lipinski definition) is 2. The summed E-state index contributed by atoms with van der Waals surface area (Å²) in [5.41, 5.74) is 0. The van der Waals surface area contributed by atoms with E-state index in [4.69, 9.17) is 0 Å². The summed E-state index contributed by atoms with van der Waals surface area (Å²) in [4.78, 5) is 12.9. The van der Waals surface area contributed by atoms with E-state index in [-0.39, 0.29) is 5.78 Å².